The van der Waals surface area contributed by atoms with Gasteiger partial charge in [0.1, 0.15) is 5.02 Å². The molecule has 1 aromatic rings. The molecule has 0 saturated carbocycles. The molecule has 0 aliphatic carbocycles. The molecule has 0 fully saturated rings. The van der Waals surface area contributed by atoms with Crippen LogP contribution >= 0.6 is 11.6 Å². The van der Waals surface area contributed by atoms with E-state index < -0.39 is 28.3 Å². The van der Waals surface area contributed by atoms with E-state index in [-0.39, 0.29) is 0 Å². The smallest absolute Gasteiger partial charge is 0.234 e. The van der Waals surface area contributed by atoms with Gasteiger partial charge in [-0.3, -0.25) is 0 Å². The predicted molar refractivity (Wildman–Crippen MR) is 41.3 cm³/mol. The van der Waals surface area contributed by atoms with Crippen molar-refractivity contribution in [2.24, 2.45) is 5.11 Å². The van der Waals surface area contributed by atoms with Gasteiger partial charge in [0.2, 0.25) is 5.88 Å². The lowest BCUT2D eigenvalue weighted by molar-refractivity contribution is 0.410. The molecule has 0 aliphatic rings. The molecule has 0 atom stereocenters. The van der Waals surface area contributed by atoms with Gasteiger partial charge in [0.15, 0.2) is 17.4 Å². The number of azide groups is 1. The SMILES string of the molecule is [N-]=[N+]=Nc1nc(O)c(Cl)c(O)c1F. The van der Waals surface area contributed by atoms with E-state index in [0.717, 1.165) is 0 Å². The summed E-state index contributed by atoms with van der Waals surface area (Å²) in [7, 11) is 0. The summed E-state index contributed by atoms with van der Waals surface area (Å²) in [5.41, 5.74) is 7.95. The van der Waals surface area contributed by atoms with Gasteiger partial charge in [0, 0.05) is 4.91 Å². The van der Waals surface area contributed by atoms with Crippen LogP contribution in [0.2, 0.25) is 5.02 Å². The lowest BCUT2D eigenvalue weighted by Gasteiger charge is -2.01. The molecular formula is C5H2ClFN4O2. The zero-order valence-electron chi connectivity index (χ0n) is 5.94. The second kappa shape index (κ2) is 3.34. The van der Waals surface area contributed by atoms with Crippen LogP contribution in [0.5, 0.6) is 11.6 Å². The summed E-state index contributed by atoms with van der Waals surface area (Å²) in [4.78, 5) is 5.33. The van der Waals surface area contributed by atoms with Crippen LogP contribution in [0.4, 0.5) is 10.2 Å². The van der Waals surface area contributed by atoms with Crippen LogP contribution in [0, 0.1) is 5.82 Å². The summed E-state index contributed by atoms with van der Waals surface area (Å²) in [6.45, 7) is 0. The van der Waals surface area contributed by atoms with E-state index in [1.807, 2.05) is 0 Å². The minimum absolute atomic E-state index is 0.630. The van der Waals surface area contributed by atoms with E-state index in [1.165, 1.54) is 0 Å². The average molecular weight is 205 g/mol. The summed E-state index contributed by atoms with van der Waals surface area (Å²) in [5.74, 6) is -3.85. The van der Waals surface area contributed by atoms with Gasteiger partial charge in [-0.15, -0.1) is 0 Å². The summed E-state index contributed by atoms with van der Waals surface area (Å²) >= 11 is 5.22. The summed E-state index contributed by atoms with van der Waals surface area (Å²) in [6.07, 6.45) is 0. The van der Waals surface area contributed by atoms with Crippen molar-refractivity contribution < 1.29 is 14.6 Å². The van der Waals surface area contributed by atoms with Gasteiger partial charge in [0.05, 0.1) is 0 Å². The molecule has 6 nitrogen and oxygen atoms in total. The van der Waals surface area contributed by atoms with Crippen LogP contribution in [0.3, 0.4) is 0 Å². The molecule has 8 heteroatoms. The predicted octanol–water partition coefficient (Wildman–Crippen LogP) is 2.23. The minimum Gasteiger partial charge on any atom is -0.504 e. The van der Waals surface area contributed by atoms with E-state index in [1.54, 1.807) is 0 Å². The molecule has 0 unspecified atom stereocenters. The quantitative estimate of drug-likeness (QED) is 0.416. The van der Waals surface area contributed by atoms with Crippen molar-refractivity contribution in [3.63, 3.8) is 0 Å². The maximum absolute atomic E-state index is 12.9. The third kappa shape index (κ3) is 1.56. The van der Waals surface area contributed by atoms with Gasteiger partial charge in [-0.05, 0) is 10.6 Å². The monoisotopic (exact) mass is 204 g/mol. The van der Waals surface area contributed by atoms with Crippen LogP contribution in [0.15, 0.2) is 5.11 Å². The van der Waals surface area contributed by atoms with Crippen molar-refractivity contribution in [3.05, 3.63) is 21.3 Å². The molecule has 1 rings (SSSR count). The highest BCUT2D eigenvalue weighted by Crippen LogP contribution is 2.37. The summed E-state index contributed by atoms with van der Waals surface area (Å²) < 4.78 is 12.9. The summed E-state index contributed by atoms with van der Waals surface area (Å²) in [6, 6.07) is 0. The number of pyridine rings is 1. The molecule has 68 valence electrons. The Bertz CT molecular complexity index is 404. The lowest BCUT2D eigenvalue weighted by Crippen LogP contribution is -1.84. The van der Waals surface area contributed by atoms with E-state index in [0.29, 0.717) is 0 Å². The number of aromatic nitrogens is 1. The van der Waals surface area contributed by atoms with Crippen molar-refractivity contribution >= 4 is 17.4 Å². The maximum Gasteiger partial charge on any atom is 0.234 e. The third-order valence-corrected chi connectivity index (χ3v) is 1.51. The molecule has 0 radical (unpaired) electrons. The summed E-state index contributed by atoms with van der Waals surface area (Å²) in [5, 5.41) is 19.9. The normalized spacial score (nSPS) is 9.38. The fourth-order valence-corrected chi connectivity index (χ4v) is 0.740. The number of hydrogen-bond acceptors (Lipinski definition) is 4. The minimum atomic E-state index is -1.28. The van der Waals surface area contributed by atoms with Crippen LogP contribution in [0.25, 0.3) is 10.4 Å². The Labute approximate surface area is 75.8 Å². The van der Waals surface area contributed by atoms with E-state index in [4.69, 9.17) is 27.3 Å². The first-order valence-corrected chi connectivity index (χ1v) is 3.27. The van der Waals surface area contributed by atoms with Crippen LogP contribution in [0.1, 0.15) is 0 Å². The fourth-order valence-electron chi connectivity index (χ4n) is 0.615. The molecule has 0 aromatic carbocycles. The molecule has 0 saturated heterocycles. The first-order chi connectivity index (χ1) is 6.07. The fraction of sp³-hybridized carbons (Fsp3) is 0. The van der Waals surface area contributed by atoms with Crippen LogP contribution in [-0.4, -0.2) is 15.2 Å². The van der Waals surface area contributed by atoms with Gasteiger partial charge < -0.3 is 10.2 Å². The first-order valence-electron chi connectivity index (χ1n) is 2.90. The average Bonchev–Trinajstić information content (AvgIpc) is 2.11. The second-order valence-corrected chi connectivity index (χ2v) is 2.30. The maximum atomic E-state index is 12.9. The second-order valence-electron chi connectivity index (χ2n) is 1.93. The van der Waals surface area contributed by atoms with Gasteiger partial charge in [0.25, 0.3) is 0 Å². The number of aromatic hydroxyl groups is 2. The highest BCUT2D eigenvalue weighted by atomic mass is 35.5. The molecule has 0 aliphatic heterocycles. The van der Waals surface area contributed by atoms with Crippen molar-refractivity contribution in [2.75, 3.05) is 0 Å². The zero-order valence-corrected chi connectivity index (χ0v) is 6.70. The standard InChI is InChI=1S/C5H2ClFN4O2/c6-1-3(12)2(7)4(10-11-8)9-5(1)13/h(H2,9,12,13). The molecular weight excluding hydrogens is 203 g/mol. The van der Waals surface area contributed by atoms with Gasteiger partial charge >= 0.3 is 0 Å². The largest absolute Gasteiger partial charge is 0.504 e. The first kappa shape index (κ1) is 9.37. The molecule has 2 N–H and O–H groups in total. The van der Waals surface area contributed by atoms with E-state index in [2.05, 4.69) is 15.0 Å². The lowest BCUT2D eigenvalue weighted by atomic mass is 10.4. The van der Waals surface area contributed by atoms with Crippen molar-refractivity contribution in [1.29, 1.82) is 0 Å². The molecule has 0 spiro atoms. The van der Waals surface area contributed by atoms with Crippen molar-refractivity contribution in [3.8, 4) is 11.6 Å². The number of hydrogen-bond donors (Lipinski definition) is 2. The molecule has 1 aromatic heterocycles. The Balaban J connectivity index is 3.49. The molecule has 13 heavy (non-hydrogen) atoms. The van der Waals surface area contributed by atoms with Gasteiger partial charge in [-0.1, -0.05) is 11.6 Å². The Morgan fingerprint density at radius 1 is 1.54 bits per heavy atom. The van der Waals surface area contributed by atoms with Crippen molar-refractivity contribution in [1.82, 2.24) is 4.98 Å². The topological polar surface area (TPSA) is 102 Å². The van der Waals surface area contributed by atoms with Gasteiger partial charge in [-0.2, -0.15) is 0 Å². The zero-order chi connectivity index (χ0) is 10.0. The highest BCUT2D eigenvalue weighted by molar-refractivity contribution is 6.33. The Kier molecular flexibility index (Phi) is 2.41. The molecule has 1 heterocycles. The Hall–Kier alpha value is -1.72. The highest BCUT2D eigenvalue weighted by Gasteiger charge is 2.16. The third-order valence-electron chi connectivity index (χ3n) is 1.16. The van der Waals surface area contributed by atoms with E-state index >= 15 is 0 Å². The van der Waals surface area contributed by atoms with Gasteiger partial charge in [-0.25, -0.2) is 9.37 Å². The number of nitrogens with zero attached hydrogens (tertiary/aromatic N) is 4. The van der Waals surface area contributed by atoms with E-state index in [9.17, 15) is 4.39 Å². The van der Waals surface area contributed by atoms with Crippen LogP contribution < -0.4 is 0 Å². The number of halogens is 2. The molecule has 0 amide bonds. The van der Waals surface area contributed by atoms with Crippen molar-refractivity contribution in [2.45, 2.75) is 0 Å². The number of rotatable bonds is 1. The Morgan fingerprint density at radius 2 is 2.15 bits per heavy atom. The molecule has 0 bridgehead atoms. The Morgan fingerprint density at radius 3 is 2.69 bits per heavy atom. The van der Waals surface area contributed by atoms with Crippen LogP contribution in [-0.2, 0) is 0 Å².